The van der Waals surface area contributed by atoms with E-state index in [0.717, 1.165) is 17.7 Å². The van der Waals surface area contributed by atoms with Gasteiger partial charge in [0.05, 0.1) is 35.0 Å². The van der Waals surface area contributed by atoms with Crippen molar-refractivity contribution in [2.45, 2.75) is 19.6 Å². The molecule has 9 nitrogen and oxygen atoms in total. The van der Waals surface area contributed by atoms with E-state index in [2.05, 4.69) is 25.8 Å². The third kappa shape index (κ3) is 4.90. The second-order valence-electron chi connectivity index (χ2n) is 7.20. The van der Waals surface area contributed by atoms with Gasteiger partial charge in [-0.1, -0.05) is 11.2 Å². The van der Waals surface area contributed by atoms with Gasteiger partial charge in [0.25, 0.3) is 11.5 Å². The number of hydrogen-bond donors (Lipinski definition) is 4. The Labute approximate surface area is 191 Å². The number of aromatic amines is 1. The third-order valence-electron chi connectivity index (χ3n) is 4.98. The maximum atomic E-state index is 12.9. The number of nitrogens with two attached hydrogens (primary N) is 1. The molecule has 0 aliphatic carbocycles. The first kappa shape index (κ1) is 24.4. The van der Waals surface area contributed by atoms with E-state index in [0.29, 0.717) is 24.2 Å². The number of aromatic nitrogens is 2. The summed E-state index contributed by atoms with van der Waals surface area (Å²) in [7, 11) is 1.19. The number of halogens is 3. The molecule has 4 rings (SSSR count). The van der Waals surface area contributed by atoms with Crippen LogP contribution in [-0.2, 0) is 12.7 Å². The molecule has 0 spiro atoms. The SMILES string of the molecule is CCNC(=O)c1ccc2c(c1)C(N)=C(c1nc3ccc(C(F)(F)F)cc3[nH]c1=O)NC2.CN=O. The monoisotopic (exact) mass is 474 g/mol. The molecule has 0 atom stereocenters. The van der Waals surface area contributed by atoms with Crippen molar-refractivity contribution in [1.29, 1.82) is 0 Å². The molecule has 0 radical (unpaired) electrons. The molecule has 0 saturated carbocycles. The topological polar surface area (TPSA) is 142 Å². The number of fused-ring (bicyclic) bond motifs is 2. The van der Waals surface area contributed by atoms with Crippen molar-refractivity contribution >= 4 is 28.3 Å². The Morgan fingerprint density at radius 2 is 1.94 bits per heavy atom. The first-order valence-corrected chi connectivity index (χ1v) is 10.1. The summed E-state index contributed by atoms with van der Waals surface area (Å²) in [6.07, 6.45) is -4.53. The van der Waals surface area contributed by atoms with Gasteiger partial charge in [0.1, 0.15) is 0 Å². The first-order valence-electron chi connectivity index (χ1n) is 10.1. The summed E-state index contributed by atoms with van der Waals surface area (Å²) in [4.78, 5) is 40.0. The lowest BCUT2D eigenvalue weighted by molar-refractivity contribution is -0.137. The first-order chi connectivity index (χ1) is 16.1. The quantitative estimate of drug-likeness (QED) is 0.430. The van der Waals surface area contributed by atoms with Gasteiger partial charge in [-0.15, -0.1) is 0 Å². The lowest BCUT2D eigenvalue weighted by Crippen LogP contribution is -2.29. The second kappa shape index (κ2) is 9.73. The van der Waals surface area contributed by atoms with Crippen LogP contribution in [0.3, 0.4) is 0 Å². The molecule has 1 amide bonds. The van der Waals surface area contributed by atoms with Crippen molar-refractivity contribution in [3.63, 3.8) is 0 Å². The van der Waals surface area contributed by atoms with E-state index < -0.39 is 17.3 Å². The van der Waals surface area contributed by atoms with Gasteiger partial charge < -0.3 is 21.4 Å². The maximum absolute atomic E-state index is 12.9. The summed E-state index contributed by atoms with van der Waals surface area (Å²) in [6.45, 7) is 2.62. The molecule has 34 heavy (non-hydrogen) atoms. The number of hydrogen-bond acceptors (Lipinski definition) is 7. The van der Waals surface area contributed by atoms with Gasteiger partial charge in [0.15, 0.2) is 5.69 Å². The van der Waals surface area contributed by atoms with E-state index in [4.69, 9.17) is 10.6 Å². The lowest BCUT2D eigenvalue weighted by atomic mass is 9.96. The van der Waals surface area contributed by atoms with Crippen LogP contribution in [0.4, 0.5) is 13.2 Å². The Kier molecular flexibility index (Phi) is 6.99. The zero-order valence-corrected chi connectivity index (χ0v) is 18.2. The fraction of sp³-hybridized carbons (Fsp3) is 0.227. The number of carbonyl (C=O) groups is 1. The normalized spacial score (nSPS) is 12.9. The number of nitrogens with one attached hydrogen (secondary N) is 3. The predicted octanol–water partition coefficient (Wildman–Crippen LogP) is 2.96. The number of rotatable bonds is 3. The van der Waals surface area contributed by atoms with Gasteiger partial charge in [-0.25, -0.2) is 4.98 Å². The number of alkyl halides is 3. The summed E-state index contributed by atoms with van der Waals surface area (Å²) >= 11 is 0. The molecule has 0 unspecified atom stereocenters. The maximum Gasteiger partial charge on any atom is 0.416 e. The zero-order chi connectivity index (χ0) is 25.0. The molecule has 0 fully saturated rings. The van der Waals surface area contributed by atoms with E-state index in [1.165, 1.54) is 13.1 Å². The van der Waals surface area contributed by atoms with Gasteiger partial charge in [-0.05, 0) is 42.8 Å². The molecule has 5 N–H and O–H groups in total. The molecule has 12 heteroatoms. The Bertz CT molecular complexity index is 1350. The molecular weight excluding hydrogens is 453 g/mol. The molecular formula is C22H21F3N6O3. The third-order valence-corrected chi connectivity index (χ3v) is 4.98. The van der Waals surface area contributed by atoms with Gasteiger partial charge in [0.2, 0.25) is 0 Å². The minimum absolute atomic E-state index is 0.0301. The summed E-state index contributed by atoms with van der Waals surface area (Å²) in [5.74, 6) is -0.250. The predicted molar refractivity (Wildman–Crippen MR) is 121 cm³/mol. The van der Waals surface area contributed by atoms with Gasteiger partial charge >= 0.3 is 6.18 Å². The van der Waals surface area contributed by atoms with Crippen LogP contribution in [-0.4, -0.2) is 29.5 Å². The molecule has 0 saturated heterocycles. The number of H-pyrrole nitrogens is 1. The number of carbonyl (C=O) groups excluding carboxylic acids is 1. The van der Waals surface area contributed by atoms with Gasteiger partial charge in [-0.2, -0.15) is 18.1 Å². The molecule has 1 aliphatic rings. The zero-order valence-electron chi connectivity index (χ0n) is 18.2. The van der Waals surface area contributed by atoms with Crippen LogP contribution < -0.4 is 21.9 Å². The molecule has 1 aliphatic heterocycles. The molecule has 178 valence electrons. The number of nitroso groups, excluding NO2 is 1. The molecule has 0 bridgehead atoms. The highest BCUT2D eigenvalue weighted by Crippen LogP contribution is 2.31. The summed E-state index contributed by atoms with van der Waals surface area (Å²) < 4.78 is 38.8. The number of benzene rings is 2. The van der Waals surface area contributed by atoms with Crippen molar-refractivity contribution in [1.82, 2.24) is 20.6 Å². The Morgan fingerprint density at radius 1 is 1.24 bits per heavy atom. The van der Waals surface area contributed by atoms with Crippen LogP contribution >= 0.6 is 0 Å². The highest BCUT2D eigenvalue weighted by atomic mass is 19.4. The lowest BCUT2D eigenvalue weighted by Gasteiger charge is -2.23. The van der Waals surface area contributed by atoms with Crippen molar-refractivity contribution in [3.8, 4) is 0 Å². The summed E-state index contributed by atoms with van der Waals surface area (Å²) in [5.41, 5.74) is 7.17. The standard InChI is InChI=1S/C21H18F3N5O2.CH3NO/c1-2-26-19(30)10-3-4-11-9-27-17(16(25)13(11)7-10)18-20(31)29-15-8-12(21(22,23)24)5-6-14(15)28-18;1-2-3/h3-8,27H,2,9,25H2,1H3,(H,26,30)(H,29,31);1H3. The summed E-state index contributed by atoms with van der Waals surface area (Å²) in [6, 6.07) is 8.03. The van der Waals surface area contributed by atoms with E-state index in [9.17, 15) is 22.8 Å². The largest absolute Gasteiger partial charge is 0.416 e. The minimum Gasteiger partial charge on any atom is -0.396 e. The molecule has 2 heterocycles. The van der Waals surface area contributed by atoms with E-state index in [1.807, 2.05) is 6.92 Å². The van der Waals surface area contributed by atoms with E-state index in [-0.39, 0.29) is 34.0 Å². The Morgan fingerprint density at radius 3 is 2.59 bits per heavy atom. The van der Waals surface area contributed by atoms with Crippen LogP contribution in [0.25, 0.3) is 22.4 Å². The fourth-order valence-electron chi connectivity index (χ4n) is 3.44. The van der Waals surface area contributed by atoms with E-state index >= 15 is 0 Å². The summed E-state index contributed by atoms with van der Waals surface area (Å²) in [5, 5.41) is 8.01. The van der Waals surface area contributed by atoms with Crippen LogP contribution in [0.1, 0.15) is 39.7 Å². The van der Waals surface area contributed by atoms with Crippen molar-refractivity contribution in [3.05, 3.63) is 79.6 Å². The van der Waals surface area contributed by atoms with Crippen molar-refractivity contribution in [2.75, 3.05) is 13.6 Å². The molecule has 1 aromatic heterocycles. The van der Waals surface area contributed by atoms with Gasteiger partial charge in [-0.3, -0.25) is 9.59 Å². The molecule has 3 aromatic rings. The van der Waals surface area contributed by atoms with Crippen LogP contribution in [0.5, 0.6) is 0 Å². The molecule has 2 aromatic carbocycles. The highest BCUT2D eigenvalue weighted by molar-refractivity contribution is 5.97. The highest BCUT2D eigenvalue weighted by Gasteiger charge is 2.31. The minimum atomic E-state index is -4.53. The Balaban J connectivity index is 0.00000103. The smallest absolute Gasteiger partial charge is 0.396 e. The fourth-order valence-corrected chi connectivity index (χ4v) is 3.44. The van der Waals surface area contributed by atoms with Crippen molar-refractivity contribution in [2.24, 2.45) is 10.9 Å². The number of amides is 1. The van der Waals surface area contributed by atoms with Crippen molar-refractivity contribution < 1.29 is 18.0 Å². The van der Waals surface area contributed by atoms with Gasteiger partial charge in [0, 0.05) is 24.2 Å². The van der Waals surface area contributed by atoms with Crippen LogP contribution in [0.2, 0.25) is 0 Å². The number of nitrogens with zero attached hydrogens (tertiary/aromatic N) is 2. The van der Waals surface area contributed by atoms with Crippen LogP contribution in [0.15, 0.2) is 46.4 Å². The second-order valence-corrected chi connectivity index (χ2v) is 7.20. The average Bonchev–Trinajstić information content (AvgIpc) is 2.79. The Hall–Kier alpha value is -4.22. The van der Waals surface area contributed by atoms with E-state index in [1.54, 1.807) is 18.2 Å². The van der Waals surface area contributed by atoms with Crippen LogP contribution in [0, 0.1) is 4.91 Å². The average molecular weight is 474 g/mol.